The molecule has 0 fully saturated rings. The number of ketones is 1. The van der Waals surface area contributed by atoms with Crippen LogP contribution in [-0.2, 0) is 17.6 Å². The molecule has 0 N–H and O–H groups in total. The second-order valence-electron chi connectivity index (χ2n) is 6.87. The van der Waals surface area contributed by atoms with Crippen LogP contribution in [0.4, 0.5) is 0 Å². The number of nitrogens with zero attached hydrogens (tertiary/aromatic N) is 2. The number of ether oxygens (including phenoxy) is 1. The minimum Gasteiger partial charge on any atom is -0.494 e. The van der Waals surface area contributed by atoms with E-state index in [4.69, 9.17) is 9.72 Å². The van der Waals surface area contributed by atoms with Crippen LogP contribution in [-0.4, -0.2) is 27.2 Å². The fourth-order valence-corrected chi connectivity index (χ4v) is 5.66. The Bertz CT molecular complexity index is 1100. The van der Waals surface area contributed by atoms with Crippen molar-refractivity contribution in [1.29, 1.82) is 0 Å². The smallest absolute Gasteiger partial charge is 0.267 e. The largest absolute Gasteiger partial charge is 0.494 e. The van der Waals surface area contributed by atoms with Gasteiger partial charge in [0.2, 0.25) is 0 Å². The molecule has 3 aromatic rings. The third-order valence-corrected chi connectivity index (χ3v) is 7.32. The summed E-state index contributed by atoms with van der Waals surface area (Å²) in [5, 5.41) is 1.03. The van der Waals surface area contributed by atoms with Gasteiger partial charge >= 0.3 is 0 Å². The van der Waals surface area contributed by atoms with Crippen LogP contribution < -0.4 is 10.3 Å². The summed E-state index contributed by atoms with van der Waals surface area (Å²) in [6.07, 6.45) is 3.05. The molecular weight excluding hydrogens is 392 g/mol. The monoisotopic (exact) mass is 414 g/mol. The average molecular weight is 415 g/mol. The van der Waals surface area contributed by atoms with Gasteiger partial charge in [-0.15, -0.1) is 11.3 Å². The van der Waals surface area contributed by atoms with Crippen molar-refractivity contribution >= 4 is 39.1 Å². The highest BCUT2D eigenvalue weighted by atomic mass is 32.2. The molecule has 0 spiro atoms. The lowest BCUT2D eigenvalue weighted by Crippen LogP contribution is -2.23. The van der Waals surface area contributed by atoms with Crippen molar-refractivity contribution in [3.05, 3.63) is 45.1 Å². The summed E-state index contributed by atoms with van der Waals surface area (Å²) in [4.78, 5) is 32.2. The Morgan fingerprint density at radius 3 is 2.75 bits per heavy atom. The maximum atomic E-state index is 13.5. The molecule has 1 aromatic carbocycles. The van der Waals surface area contributed by atoms with Crippen LogP contribution in [0, 0.1) is 0 Å². The van der Waals surface area contributed by atoms with E-state index in [9.17, 15) is 9.59 Å². The van der Waals surface area contributed by atoms with Crippen LogP contribution in [0.3, 0.4) is 0 Å². The fourth-order valence-electron chi connectivity index (χ4n) is 3.43. The lowest BCUT2D eigenvalue weighted by Gasteiger charge is -2.15. The van der Waals surface area contributed by atoms with Crippen LogP contribution in [0.15, 0.2) is 34.2 Å². The van der Waals surface area contributed by atoms with Crippen LogP contribution in [0.25, 0.3) is 15.9 Å². The van der Waals surface area contributed by atoms with E-state index in [2.05, 4.69) is 0 Å². The van der Waals surface area contributed by atoms with Gasteiger partial charge in [-0.25, -0.2) is 4.98 Å². The number of rotatable bonds is 6. The van der Waals surface area contributed by atoms with Gasteiger partial charge in [-0.3, -0.25) is 14.2 Å². The number of fused-ring (bicyclic) bond motifs is 3. The first-order chi connectivity index (χ1) is 13.5. The maximum Gasteiger partial charge on any atom is 0.267 e. The molecule has 5 nitrogen and oxygen atoms in total. The zero-order valence-electron chi connectivity index (χ0n) is 16.2. The number of thioether (sulfide) groups is 1. The van der Waals surface area contributed by atoms with Crippen molar-refractivity contribution in [2.75, 3.05) is 6.61 Å². The van der Waals surface area contributed by atoms with Gasteiger partial charge in [-0.05, 0) is 69.9 Å². The van der Waals surface area contributed by atoms with E-state index in [1.165, 1.54) is 16.6 Å². The average Bonchev–Trinajstić information content (AvgIpc) is 3.23. The quantitative estimate of drug-likeness (QED) is 0.442. The molecule has 0 radical (unpaired) electrons. The Morgan fingerprint density at radius 2 is 2.07 bits per heavy atom. The van der Waals surface area contributed by atoms with Crippen molar-refractivity contribution < 1.29 is 9.53 Å². The molecule has 4 rings (SSSR count). The minimum absolute atomic E-state index is 0.0492. The summed E-state index contributed by atoms with van der Waals surface area (Å²) in [7, 11) is 0. The summed E-state index contributed by atoms with van der Waals surface area (Å²) in [5.74, 6) is 0.822. The minimum atomic E-state index is -0.273. The summed E-state index contributed by atoms with van der Waals surface area (Å²) >= 11 is 2.96. The molecule has 28 heavy (non-hydrogen) atoms. The molecule has 7 heteroatoms. The summed E-state index contributed by atoms with van der Waals surface area (Å²) in [6.45, 7) is 5.94. The normalized spacial score (nSPS) is 14.2. The second-order valence-corrected chi connectivity index (χ2v) is 9.26. The highest BCUT2D eigenvalue weighted by molar-refractivity contribution is 8.00. The van der Waals surface area contributed by atoms with E-state index in [0.717, 1.165) is 46.5 Å². The van der Waals surface area contributed by atoms with Crippen LogP contribution in [0.1, 0.15) is 37.6 Å². The molecule has 2 heterocycles. The first-order valence-electron chi connectivity index (χ1n) is 9.47. The summed E-state index contributed by atoms with van der Waals surface area (Å²) < 4.78 is 7.17. The maximum absolute atomic E-state index is 13.5. The van der Waals surface area contributed by atoms with Crippen molar-refractivity contribution in [3.8, 4) is 11.4 Å². The van der Waals surface area contributed by atoms with Crippen molar-refractivity contribution in [3.63, 3.8) is 0 Å². The predicted octanol–water partition coefficient (Wildman–Crippen LogP) is 4.40. The van der Waals surface area contributed by atoms with Gasteiger partial charge in [0.25, 0.3) is 5.56 Å². The first-order valence-corrected chi connectivity index (χ1v) is 11.2. The Kier molecular flexibility index (Phi) is 5.29. The van der Waals surface area contributed by atoms with Crippen LogP contribution in [0.2, 0.25) is 0 Å². The van der Waals surface area contributed by atoms with Gasteiger partial charge in [-0.2, -0.15) is 0 Å². The molecule has 1 aliphatic rings. The number of carbonyl (C=O) groups is 1. The Labute approximate surface area is 171 Å². The molecule has 0 bridgehead atoms. The van der Waals surface area contributed by atoms with Gasteiger partial charge in [0.1, 0.15) is 16.4 Å². The number of thiophene rings is 1. The molecule has 1 atom stereocenters. The highest BCUT2D eigenvalue weighted by Gasteiger charge is 2.25. The third-order valence-electron chi connectivity index (χ3n) is 4.97. The van der Waals surface area contributed by atoms with Gasteiger partial charge in [0, 0.05) is 4.88 Å². The Morgan fingerprint density at radius 1 is 1.32 bits per heavy atom. The van der Waals surface area contributed by atoms with Gasteiger partial charge in [-0.1, -0.05) is 11.8 Å². The van der Waals surface area contributed by atoms with E-state index in [0.29, 0.717) is 11.8 Å². The molecule has 0 amide bonds. The molecule has 146 valence electrons. The number of Topliss-reactive ketones (excluding diaryl/α,β-unsaturated/α-hetero) is 1. The molecule has 0 saturated heterocycles. The van der Waals surface area contributed by atoms with Crippen LogP contribution in [0.5, 0.6) is 5.75 Å². The molecule has 0 aliphatic heterocycles. The van der Waals surface area contributed by atoms with Gasteiger partial charge < -0.3 is 4.74 Å². The summed E-state index contributed by atoms with van der Waals surface area (Å²) in [6, 6.07) is 7.46. The van der Waals surface area contributed by atoms with E-state index < -0.39 is 0 Å². The molecule has 2 aromatic heterocycles. The Balaban J connectivity index is 1.91. The van der Waals surface area contributed by atoms with Crippen molar-refractivity contribution in [1.82, 2.24) is 9.55 Å². The lowest BCUT2D eigenvalue weighted by atomic mass is 10.2. The van der Waals surface area contributed by atoms with E-state index >= 15 is 0 Å². The lowest BCUT2D eigenvalue weighted by molar-refractivity contribution is -0.116. The standard InChI is InChI=1S/C21H22N2O3S2/c1-4-26-15-10-8-14(9-11-15)23-20(25)18-16-6-5-7-17(16)28-19(18)22-21(23)27-13(3)12(2)24/h8-11,13H,4-7H2,1-3H3. The topological polar surface area (TPSA) is 61.2 Å². The highest BCUT2D eigenvalue weighted by Crippen LogP contribution is 2.36. The fraction of sp³-hybridized carbons (Fsp3) is 0.381. The summed E-state index contributed by atoms with van der Waals surface area (Å²) in [5.41, 5.74) is 1.85. The molecule has 0 saturated carbocycles. The zero-order chi connectivity index (χ0) is 19.8. The number of aromatic nitrogens is 2. The van der Waals surface area contributed by atoms with Gasteiger partial charge in [0.05, 0.1) is 22.9 Å². The first kappa shape index (κ1) is 19.2. The van der Waals surface area contributed by atoms with Gasteiger partial charge in [0.15, 0.2) is 5.16 Å². The third kappa shape index (κ3) is 3.37. The van der Waals surface area contributed by atoms with E-state index in [-0.39, 0.29) is 16.6 Å². The molecular formula is C21H22N2O3S2. The van der Waals surface area contributed by atoms with Crippen LogP contribution >= 0.6 is 23.1 Å². The van der Waals surface area contributed by atoms with E-state index in [1.54, 1.807) is 22.8 Å². The number of aryl methyl sites for hydroxylation is 2. The zero-order valence-corrected chi connectivity index (χ0v) is 17.8. The number of hydrogen-bond donors (Lipinski definition) is 0. The van der Waals surface area contributed by atoms with Crippen molar-refractivity contribution in [2.24, 2.45) is 0 Å². The second kappa shape index (κ2) is 7.72. The number of hydrogen-bond acceptors (Lipinski definition) is 6. The number of carbonyl (C=O) groups excluding carboxylic acids is 1. The Hall–Kier alpha value is -2.12. The SMILES string of the molecule is CCOc1ccc(-n2c(SC(C)C(C)=O)nc3sc4c(c3c2=O)CCC4)cc1. The predicted molar refractivity (Wildman–Crippen MR) is 114 cm³/mol. The number of benzene rings is 1. The van der Waals surface area contributed by atoms with Crippen molar-refractivity contribution in [2.45, 2.75) is 50.4 Å². The molecule has 1 aliphatic carbocycles. The van der Waals surface area contributed by atoms with E-state index in [1.807, 2.05) is 38.1 Å². The molecule has 1 unspecified atom stereocenters.